The van der Waals surface area contributed by atoms with Gasteiger partial charge in [-0.3, -0.25) is 10.2 Å². The van der Waals surface area contributed by atoms with Crippen molar-refractivity contribution in [3.63, 3.8) is 0 Å². The number of aliphatic hydroxyl groups is 1. The van der Waals surface area contributed by atoms with Crippen LogP contribution in [-0.2, 0) is 11.2 Å². The Balaban J connectivity index is 2.36. The van der Waals surface area contributed by atoms with Crippen molar-refractivity contribution in [2.24, 2.45) is 0 Å². The largest absolute Gasteiger partial charge is 0.392 e. The molecule has 4 heteroatoms. The van der Waals surface area contributed by atoms with Crippen LogP contribution in [0.1, 0.15) is 12.5 Å². The normalized spacial score (nSPS) is 12.5. The van der Waals surface area contributed by atoms with Gasteiger partial charge in [-0.05, 0) is 12.5 Å². The molecule has 0 heterocycles. The summed E-state index contributed by atoms with van der Waals surface area (Å²) in [4.78, 5) is 11.6. The van der Waals surface area contributed by atoms with Gasteiger partial charge >= 0.3 is 0 Å². The van der Waals surface area contributed by atoms with E-state index in [0.29, 0.717) is 13.0 Å². The Morgan fingerprint density at radius 1 is 1.44 bits per heavy atom. The average molecular weight is 222 g/mol. The van der Waals surface area contributed by atoms with E-state index in [9.17, 15) is 4.79 Å². The first-order chi connectivity index (χ1) is 7.58. The quantitative estimate of drug-likeness (QED) is 0.716. The molecule has 1 atom stereocenters. The number of carbonyl (C=O) groups excluding carboxylic acids is 1. The number of benzene rings is 1. The van der Waals surface area contributed by atoms with Crippen LogP contribution >= 0.6 is 0 Å². The summed E-state index contributed by atoms with van der Waals surface area (Å²) in [5.41, 5.74) is 3.67. The van der Waals surface area contributed by atoms with Crippen LogP contribution in [0.5, 0.6) is 0 Å². The van der Waals surface area contributed by atoms with E-state index in [1.807, 2.05) is 30.3 Å². The van der Waals surface area contributed by atoms with Crippen molar-refractivity contribution in [3.05, 3.63) is 35.9 Å². The molecule has 0 aliphatic carbocycles. The maximum Gasteiger partial charge on any atom is 0.238 e. The highest BCUT2D eigenvalue weighted by Crippen LogP contribution is 1.99. The van der Waals surface area contributed by atoms with Gasteiger partial charge < -0.3 is 5.11 Å². The highest BCUT2D eigenvalue weighted by molar-refractivity contribution is 5.77. The minimum Gasteiger partial charge on any atom is -0.392 e. The smallest absolute Gasteiger partial charge is 0.238 e. The van der Waals surface area contributed by atoms with Crippen LogP contribution in [0.3, 0.4) is 0 Å². The maximum atomic E-state index is 11.6. The molecule has 1 amide bonds. The fourth-order valence-corrected chi connectivity index (χ4v) is 1.48. The number of hydrogen-bond acceptors (Lipinski definition) is 3. The summed E-state index contributed by atoms with van der Waals surface area (Å²) < 4.78 is 0. The predicted molar refractivity (Wildman–Crippen MR) is 62.6 cm³/mol. The minimum absolute atomic E-state index is 0.0747. The van der Waals surface area contributed by atoms with Crippen LogP contribution in [0, 0.1) is 0 Å². The Kier molecular flexibility index (Phi) is 4.95. The molecule has 0 bridgehead atoms. The molecular formula is C12H18N2O2. The summed E-state index contributed by atoms with van der Waals surface area (Å²) in [6.07, 6.45) is -0.104. The number of likely N-dealkylation sites (N-methyl/N-ethyl adjacent to an activating group) is 1. The number of nitrogens with one attached hydrogen (secondary N) is 1. The minimum atomic E-state index is -0.456. The lowest BCUT2D eigenvalue weighted by Gasteiger charge is -2.19. The molecule has 0 saturated heterocycles. The van der Waals surface area contributed by atoms with E-state index < -0.39 is 6.10 Å². The third-order valence-electron chi connectivity index (χ3n) is 2.06. The highest BCUT2D eigenvalue weighted by atomic mass is 16.3. The SMILES string of the molecule is CC(O)CN(C)NC(=O)Cc1ccccc1. The molecule has 1 aromatic carbocycles. The molecule has 0 aliphatic rings. The summed E-state index contributed by atoms with van der Waals surface area (Å²) >= 11 is 0. The molecule has 0 aliphatic heterocycles. The van der Waals surface area contributed by atoms with E-state index in [2.05, 4.69) is 5.43 Å². The number of carbonyl (C=O) groups is 1. The molecule has 0 radical (unpaired) electrons. The number of amides is 1. The Morgan fingerprint density at radius 2 is 2.06 bits per heavy atom. The third kappa shape index (κ3) is 4.91. The zero-order chi connectivity index (χ0) is 12.0. The van der Waals surface area contributed by atoms with Gasteiger partial charge in [-0.15, -0.1) is 0 Å². The summed E-state index contributed by atoms with van der Waals surface area (Å²) in [6, 6.07) is 9.55. The van der Waals surface area contributed by atoms with Gasteiger partial charge in [0.15, 0.2) is 0 Å². The van der Waals surface area contributed by atoms with E-state index in [0.717, 1.165) is 5.56 Å². The Hall–Kier alpha value is -1.39. The standard InChI is InChI=1S/C12H18N2O2/c1-10(15)9-14(2)13-12(16)8-11-6-4-3-5-7-11/h3-7,10,15H,8-9H2,1-2H3,(H,13,16). The molecule has 0 aromatic heterocycles. The van der Waals surface area contributed by atoms with E-state index in [1.165, 1.54) is 0 Å². The van der Waals surface area contributed by atoms with Crippen LogP contribution in [-0.4, -0.2) is 35.7 Å². The van der Waals surface area contributed by atoms with Crippen LogP contribution in [0.4, 0.5) is 0 Å². The zero-order valence-electron chi connectivity index (χ0n) is 9.68. The van der Waals surface area contributed by atoms with Gasteiger partial charge in [-0.1, -0.05) is 30.3 Å². The topological polar surface area (TPSA) is 52.6 Å². The second kappa shape index (κ2) is 6.25. The molecule has 88 valence electrons. The molecule has 4 nitrogen and oxygen atoms in total. The van der Waals surface area contributed by atoms with Gasteiger partial charge in [0.1, 0.15) is 0 Å². The fourth-order valence-electron chi connectivity index (χ4n) is 1.48. The van der Waals surface area contributed by atoms with Crippen molar-refractivity contribution in [3.8, 4) is 0 Å². The Morgan fingerprint density at radius 3 is 2.62 bits per heavy atom. The van der Waals surface area contributed by atoms with Crippen LogP contribution < -0.4 is 5.43 Å². The van der Waals surface area contributed by atoms with Gasteiger partial charge in [0.25, 0.3) is 0 Å². The fraction of sp³-hybridized carbons (Fsp3) is 0.417. The number of hydrogen-bond donors (Lipinski definition) is 2. The third-order valence-corrected chi connectivity index (χ3v) is 2.06. The first-order valence-electron chi connectivity index (χ1n) is 5.30. The van der Waals surface area contributed by atoms with Crippen molar-refractivity contribution in [2.75, 3.05) is 13.6 Å². The van der Waals surface area contributed by atoms with Gasteiger partial charge in [0.05, 0.1) is 12.5 Å². The predicted octanol–water partition coefficient (Wildman–Crippen LogP) is 0.573. The van der Waals surface area contributed by atoms with Gasteiger partial charge in [0, 0.05) is 13.6 Å². The van der Waals surface area contributed by atoms with E-state index in [1.54, 1.807) is 19.0 Å². The average Bonchev–Trinajstić information content (AvgIpc) is 2.17. The molecular weight excluding hydrogens is 204 g/mol. The number of hydrazine groups is 1. The van der Waals surface area contributed by atoms with Crippen molar-refractivity contribution in [1.82, 2.24) is 10.4 Å². The van der Waals surface area contributed by atoms with E-state index >= 15 is 0 Å². The Bertz CT molecular complexity index is 325. The van der Waals surface area contributed by atoms with Crippen LogP contribution in [0.15, 0.2) is 30.3 Å². The van der Waals surface area contributed by atoms with Crippen LogP contribution in [0.2, 0.25) is 0 Å². The summed E-state index contributed by atoms with van der Waals surface area (Å²) in [5.74, 6) is -0.0747. The lowest BCUT2D eigenvalue weighted by molar-refractivity contribution is -0.125. The molecule has 0 spiro atoms. The van der Waals surface area contributed by atoms with Gasteiger partial charge in [-0.2, -0.15) is 0 Å². The monoisotopic (exact) mass is 222 g/mol. The summed E-state index contributed by atoms with van der Waals surface area (Å²) in [6.45, 7) is 2.10. The highest BCUT2D eigenvalue weighted by Gasteiger charge is 2.07. The second-order valence-corrected chi connectivity index (χ2v) is 3.93. The van der Waals surface area contributed by atoms with Crippen molar-refractivity contribution < 1.29 is 9.90 Å². The number of rotatable bonds is 5. The summed E-state index contributed by atoms with van der Waals surface area (Å²) in [7, 11) is 1.73. The molecule has 0 fully saturated rings. The number of aliphatic hydroxyl groups excluding tert-OH is 1. The van der Waals surface area contributed by atoms with Crippen molar-refractivity contribution in [1.29, 1.82) is 0 Å². The first-order valence-corrected chi connectivity index (χ1v) is 5.30. The molecule has 2 N–H and O–H groups in total. The van der Waals surface area contributed by atoms with Crippen LogP contribution in [0.25, 0.3) is 0 Å². The molecule has 1 unspecified atom stereocenters. The van der Waals surface area contributed by atoms with E-state index in [4.69, 9.17) is 5.11 Å². The van der Waals surface area contributed by atoms with Gasteiger partial charge in [-0.25, -0.2) is 5.01 Å². The van der Waals surface area contributed by atoms with Crippen molar-refractivity contribution >= 4 is 5.91 Å². The molecule has 0 saturated carbocycles. The Labute approximate surface area is 95.9 Å². The summed E-state index contributed by atoms with van der Waals surface area (Å²) in [5, 5.41) is 10.7. The lowest BCUT2D eigenvalue weighted by Crippen LogP contribution is -2.43. The maximum absolute atomic E-state index is 11.6. The van der Waals surface area contributed by atoms with Crippen molar-refractivity contribution in [2.45, 2.75) is 19.4 Å². The molecule has 1 rings (SSSR count). The lowest BCUT2D eigenvalue weighted by atomic mass is 10.1. The van der Waals surface area contributed by atoms with Gasteiger partial charge in [0.2, 0.25) is 5.91 Å². The first kappa shape index (κ1) is 12.7. The number of nitrogens with zero attached hydrogens (tertiary/aromatic N) is 1. The molecule has 1 aromatic rings. The second-order valence-electron chi connectivity index (χ2n) is 3.93. The van der Waals surface area contributed by atoms with E-state index in [-0.39, 0.29) is 5.91 Å². The molecule has 16 heavy (non-hydrogen) atoms. The zero-order valence-corrected chi connectivity index (χ0v) is 9.68.